The van der Waals surface area contributed by atoms with Crippen LogP contribution < -0.4 is 5.32 Å². The molecule has 1 amide bonds. The molecule has 2 saturated heterocycles. The summed E-state index contributed by atoms with van der Waals surface area (Å²) in [4.78, 5) is 13.1. The second-order valence-electron chi connectivity index (χ2n) is 21.5. The second-order valence-corrected chi connectivity index (χ2v) is 21.5. The number of hydrogen-bond acceptors (Lipinski definition) is 13. The van der Waals surface area contributed by atoms with Gasteiger partial charge in [0.1, 0.15) is 48.8 Å². The molecule has 2 aliphatic heterocycles. The van der Waals surface area contributed by atoms with Gasteiger partial charge >= 0.3 is 0 Å². The molecule has 2 rings (SSSR count). The van der Waals surface area contributed by atoms with Crippen LogP contribution in [0.3, 0.4) is 0 Å². The lowest BCUT2D eigenvalue weighted by Gasteiger charge is -2.46. The van der Waals surface area contributed by atoms with Gasteiger partial charge in [-0.25, -0.2) is 0 Å². The Labute approximate surface area is 466 Å². The molecule has 14 heteroatoms. The van der Waals surface area contributed by atoms with Crippen molar-refractivity contribution in [3.8, 4) is 0 Å². The van der Waals surface area contributed by atoms with Crippen molar-refractivity contribution in [1.82, 2.24) is 5.32 Å². The van der Waals surface area contributed by atoms with Crippen LogP contribution in [0.5, 0.6) is 0 Å². The molecule has 14 nitrogen and oxygen atoms in total. The topological polar surface area (TPSA) is 228 Å². The molecule has 0 aliphatic carbocycles. The SMILES string of the molecule is CC/C=C\C/C=C\C/C=C\C/C=C\C/C=C\CCCCCCCCCCCCCCCCCCCCCCCC(=O)NC(COC1OC(CO)C(OC2OC(CO)C(O)C(O)C2O)C(O)C1O)C(O)/C=C/CCCCCC. The lowest BCUT2D eigenvalue weighted by atomic mass is 9.97. The summed E-state index contributed by atoms with van der Waals surface area (Å²) >= 11 is 0. The maximum atomic E-state index is 13.1. The highest BCUT2D eigenvalue weighted by Crippen LogP contribution is 2.30. The highest BCUT2D eigenvalue weighted by atomic mass is 16.7. The molecule has 0 aromatic rings. The van der Waals surface area contributed by atoms with Gasteiger partial charge in [-0.05, 0) is 64.2 Å². The molecule has 12 unspecified atom stereocenters. The fourth-order valence-electron chi connectivity index (χ4n) is 9.73. The summed E-state index contributed by atoms with van der Waals surface area (Å²) in [5, 5.41) is 86.5. The first-order valence-electron chi connectivity index (χ1n) is 30.7. The van der Waals surface area contributed by atoms with Crippen LogP contribution in [0, 0.1) is 0 Å². The van der Waals surface area contributed by atoms with Gasteiger partial charge in [-0.2, -0.15) is 0 Å². The van der Waals surface area contributed by atoms with E-state index in [9.17, 15) is 45.6 Å². The number of unbranched alkanes of at least 4 members (excludes halogenated alkanes) is 25. The number of nitrogens with one attached hydrogen (secondary N) is 1. The van der Waals surface area contributed by atoms with E-state index in [1.54, 1.807) is 6.08 Å². The predicted molar refractivity (Wildman–Crippen MR) is 309 cm³/mol. The third kappa shape index (κ3) is 33.7. The minimum absolute atomic E-state index is 0.245. The van der Waals surface area contributed by atoms with Crippen molar-refractivity contribution in [2.45, 2.75) is 299 Å². The smallest absolute Gasteiger partial charge is 0.220 e. The molecule has 0 saturated carbocycles. The van der Waals surface area contributed by atoms with Crippen LogP contribution in [0.1, 0.15) is 226 Å². The van der Waals surface area contributed by atoms with Crippen molar-refractivity contribution in [3.63, 3.8) is 0 Å². The zero-order valence-corrected chi connectivity index (χ0v) is 47.9. The van der Waals surface area contributed by atoms with Crippen LogP contribution in [0.25, 0.3) is 0 Å². The van der Waals surface area contributed by atoms with E-state index in [2.05, 4.69) is 79.9 Å². The van der Waals surface area contributed by atoms with E-state index in [1.807, 2.05) is 6.08 Å². The van der Waals surface area contributed by atoms with Crippen LogP contribution >= 0.6 is 0 Å². The van der Waals surface area contributed by atoms with Gasteiger partial charge in [-0.3, -0.25) is 4.79 Å². The van der Waals surface area contributed by atoms with Gasteiger partial charge in [0, 0.05) is 6.42 Å². The van der Waals surface area contributed by atoms with Gasteiger partial charge in [-0.15, -0.1) is 0 Å². The number of carbonyl (C=O) groups is 1. The lowest BCUT2D eigenvalue weighted by molar-refractivity contribution is -0.359. The van der Waals surface area contributed by atoms with Crippen molar-refractivity contribution in [1.29, 1.82) is 0 Å². The Morgan fingerprint density at radius 3 is 1.38 bits per heavy atom. The van der Waals surface area contributed by atoms with Crippen molar-refractivity contribution in [2.24, 2.45) is 0 Å². The first kappa shape index (κ1) is 70.5. The van der Waals surface area contributed by atoms with Gasteiger partial charge < -0.3 is 65.1 Å². The largest absolute Gasteiger partial charge is 0.394 e. The first-order chi connectivity index (χ1) is 37.6. The summed E-state index contributed by atoms with van der Waals surface area (Å²) in [6, 6.07) is -0.911. The molecular formula is C63H111NO13. The Kier molecular flexibility index (Phi) is 44.1. The monoisotopic (exact) mass is 1090 g/mol. The molecule has 0 aromatic heterocycles. The average Bonchev–Trinajstić information content (AvgIpc) is 3.43. The molecule has 0 spiro atoms. The normalized spacial score (nSPS) is 25.2. The summed E-state index contributed by atoms with van der Waals surface area (Å²) in [5.41, 5.74) is 0. The van der Waals surface area contributed by atoms with Gasteiger partial charge in [0.05, 0.1) is 32.0 Å². The summed E-state index contributed by atoms with van der Waals surface area (Å²) in [5.74, 6) is -0.245. The van der Waals surface area contributed by atoms with E-state index in [-0.39, 0.29) is 18.9 Å². The summed E-state index contributed by atoms with van der Waals surface area (Å²) in [6.07, 6.45) is 47.4. The number of aliphatic hydroxyl groups is 8. The number of ether oxygens (including phenoxy) is 4. The number of allylic oxidation sites excluding steroid dienone is 11. The van der Waals surface area contributed by atoms with Crippen LogP contribution in [-0.2, 0) is 23.7 Å². The fraction of sp³-hybridized carbons (Fsp3) is 0.794. The van der Waals surface area contributed by atoms with Crippen molar-refractivity contribution in [3.05, 3.63) is 72.9 Å². The van der Waals surface area contributed by atoms with Gasteiger partial charge in [0.2, 0.25) is 5.91 Å². The van der Waals surface area contributed by atoms with E-state index < -0.39 is 86.8 Å². The summed E-state index contributed by atoms with van der Waals surface area (Å²) in [6.45, 7) is 2.58. The van der Waals surface area contributed by atoms with E-state index in [0.29, 0.717) is 6.42 Å². The van der Waals surface area contributed by atoms with Crippen molar-refractivity contribution < 1.29 is 64.6 Å². The number of rotatable bonds is 48. The Bertz CT molecular complexity index is 1570. The highest BCUT2D eigenvalue weighted by Gasteiger charge is 2.51. The fourth-order valence-corrected chi connectivity index (χ4v) is 9.73. The molecule has 0 aromatic carbocycles. The average molecular weight is 1090 g/mol. The second kappa shape index (κ2) is 48.2. The zero-order valence-electron chi connectivity index (χ0n) is 47.9. The number of carbonyl (C=O) groups excluding carboxylic acids is 1. The van der Waals surface area contributed by atoms with Crippen LogP contribution in [-0.4, -0.2) is 140 Å². The molecule has 9 N–H and O–H groups in total. The van der Waals surface area contributed by atoms with Crippen molar-refractivity contribution in [2.75, 3.05) is 19.8 Å². The minimum Gasteiger partial charge on any atom is -0.394 e. The standard InChI is InChI=1S/C63H111NO13/c1-3-5-7-9-11-12-13-14-15-16-17-18-19-20-21-22-23-24-25-26-27-28-29-30-31-32-33-34-35-36-37-38-39-40-41-43-45-47-55(68)64-51(52(67)46-44-42-10-8-6-4-2)50-74-62-60(73)58(71)61(54(49-66)76-62)77-63-59(72)57(70)56(69)53(48-65)75-63/h5,7,11-12,14-15,17-18,20-21,44,46,51-54,56-63,65-67,69-73H,3-4,6,8-10,13,16,19,22-43,45,47-50H2,1-2H3,(H,64,68)/b7-5-,12-11-,15-14-,18-17-,21-20-,46-44+. The number of amides is 1. The van der Waals surface area contributed by atoms with E-state index in [0.717, 1.165) is 83.5 Å². The molecule has 0 bridgehead atoms. The molecule has 2 fully saturated rings. The van der Waals surface area contributed by atoms with E-state index in [4.69, 9.17) is 18.9 Å². The van der Waals surface area contributed by atoms with Gasteiger partial charge in [0.25, 0.3) is 0 Å². The number of aliphatic hydroxyl groups excluding tert-OH is 8. The Morgan fingerprint density at radius 2 is 0.896 bits per heavy atom. The third-order valence-corrected chi connectivity index (χ3v) is 14.6. The highest BCUT2D eigenvalue weighted by molar-refractivity contribution is 5.76. The van der Waals surface area contributed by atoms with Crippen LogP contribution in [0.4, 0.5) is 0 Å². The predicted octanol–water partition coefficient (Wildman–Crippen LogP) is 10.7. The molecule has 2 aliphatic rings. The van der Waals surface area contributed by atoms with E-state index >= 15 is 0 Å². The van der Waals surface area contributed by atoms with Gasteiger partial charge in [0.15, 0.2) is 12.6 Å². The third-order valence-electron chi connectivity index (χ3n) is 14.6. The molecule has 77 heavy (non-hydrogen) atoms. The van der Waals surface area contributed by atoms with Crippen LogP contribution in [0.2, 0.25) is 0 Å². The molecular weight excluding hydrogens is 979 g/mol. The Hall–Kier alpha value is -2.57. The van der Waals surface area contributed by atoms with Crippen molar-refractivity contribution >= 4 is 5.91 Å². The number of hydrogen-bond donors (Lipinski definition) is 9. The summed E-state index contributed by atoms with van der Waals surface area (Å²) in [7, 11) is 0. The lowest BCUT2D eigenvalue weighted by Crippen LogP contribution is -2.65. The minimum atomic E-state index is -1.79. The molecule has 0 radical (unpaired) electrons. The van der Waals surface area contributed by atoms with Crippen LogP contribution in [0.15, 0.2) is 72.9 Å². The Balaban J connectivity index is 1.51. The first-order valence-corrected chi connectivity index (χ1v) is 30.7. The molecule has 446 valence electrons. The zero-order chi connectivity index (χ0) is 56.0. The van der Waals surface area contributed by atoms with E-state index in [1.165, 1.54) is 116 Å². The quantitative estimate of drug-likeness (QED) is 0.0204. The summed E-state index contributed by atoms with van der Waals surface area (Å²) < 4.78 is 22.6. The maximum Gasteiger partial charge on any atom is 0.220 e. The Morgan fingerprint density at radius 1 is 0.481 bits per heavy atom. The molecule has 12 atom stereocenters. The van der Waals surface area contributed by atoms with Gasteiger partial charge in [-0.1, -0.05) is 228 Å². The maximum absolute atomic E-state index is 13.1. The molecule has 2 heterocycles.